The molecule has 0 bridgehead atoms. The van der Waals surface area contributed by atoms with Crippen LogP contribution in [0, 0.1) is 11.3 Å². The molecule has 1 rings (SSSR count). The summed E-state index contributed by atoms with van der Waals surface area (Å²) in [5.41, 5.74) is 0.662. The summed E-state index contributed by atoms with van der Waals surface area (Å²) in [6, 6.07) is 0. The number of hydrogen-bond acceptors (Lipinski definition) is 1. The summed E-state index contributed by atoms with van der Waals surface area (Å²) in [7, 11) is 0. The second-order valence-electron chi connectivity index (χ2n) is 5.09. The van der Waals surface area contributed by atoms with Crippen LogP contribution < -0.4 is 5.32 Å². The van der Waals surface area contributed by atoms with E-state index in [1.54, 1.807) is 0 Å². The summed E-state index contributed by atoms with van der Waals surface area (Å²) in [5, 5.41) is 3.62. The minimum atomic E-state index is 0.662. The minimum Gasteiger partial charge on any atom is -0.316 e. The smallest absolute Gasteiger partial charge is 0.000781 e. The van der Waals surface area contributed by atoms with Gasteiger partial charge < -0.3 is 5.32 Å². The third-order valence-electron chi connectivity index (χ3n) is 3.47. The second-order valence-corrected chi connectivity index (χ2v) is 5.09. The van der Waals surface area contributed by atoms with Crippen LogP contribution in [0.2, 0.25) is 0 Å². The van der Waals surface area contributed by atoms with Crippen molar-refractivity contribution in [1.82, 2.24) is 5.32 Å². The van der Waals surface area contributed by atoms with Crippen molar-refractivity contribution in [2.75, 3.05) is 13.1 Å². The summed E-state index contributed by atoms with van der Waals surface area (Å²) in [5.74, 6) is 0.787. The summed E-state index contributed by atoms with van der Waals surface area (Å²) < 4.78 is 0. The van der Waals surface area contributed by atoms with Crippen molar-refractivity contribution >= 4 is 0 Å². The minimum absolute atomic E-state index is 0.662. The summed E-state index contributed by atoms with van der Waals surface area (Å²) in [6.07, 6.45) is 7.18. The van der Waals surface area contributed by atoms with Gasteiger partial charge in [0.15, 0.2) is 0 Å². The summed E-state index contributed by atoms with van der Waals surface area (Å²) in [4.78, 5) is 0. The molecular formula is C12H25N. The molecule has 1 aliphatic rings. The van der Waals surface area contributed by atoms with E-state index in [1.165, 1.54) is 45.2 Å². The molecule has 1 nitrogen and oxygen atoms in total. The lowest BCUT2D eigenvalue weighted by Crippen LogP contribution is -2.33. The molecule has 0 unspecified atom stereocenters. The number of rotatable bonds is 5. The second kappa shape index (κ2) is 4.99. The molecule has 0 amide bonds. The quantitative estimate of drug-likeness (QED) is 0.690. The molecule has 1 heteroatoms. The molecular weight excluding hydrogens is 158 g/mol. The van der Waals surface area contributed by atoms with Crippen LogP contribution in [-0.2, 0) is 0 Å². The van der Waals surface area contributed by atoms with Crippen molar-refractivity contribution in [2.24, 2.45) is 11.3 Å². The highest BCUT2D eigenvalue weighted by molar-refractivity contribution is 4.85. The number of hydrogen-bond donors (Lipinski definition) is 1. The van der Waals surface area contributed by atoms with E-state index in [1.807, 2.05) is 0 Å². The maximum Gasteiger partial charge on any atom is 0.000781 e. The SMILES string of the molecule is CCC1(CNCC(C)C)CCCC1. The topological polar surface area (TPSA) is 12.0 Å². The van der Waals surface area contributed by atoms with E-state index in [4.69, 9.17) is 0 Å². The Morgan fingerprint density at radius 1 is 1.23 bits per heavy atom. The van der Waals surface area contributed by atoms with Gasteiger partial charge in [-0.25, -0.2) is 0 Å². The van der Waals surface area contributed by atoms with Crippen molar-refractivity contribution in [3.05, 3.63) is 0 Å². The van der Waals surface area contributed by atoms with Gasteiger partial charge in [0, 0.05) is 6.54 Å². The lowest BCUT2D eigenvalue weighted by Gasteiger charge is -2.28. The average molecular weight is 183 g/mol. The van der Waals surface area contributed by atoms with E-state index >= 15 is 0 Å². The first kappa shape index (κ1) is 11.0. The predicted molar refractivity (Wildman–Crippen MR) is 58.9 cm³/mol. The van der Waals surface area contributed by atoms with Gasteiger partial charge in [0.2, 0.25) is 0 Å². The monoisotopic (exact) mass is 183 g/mol. The van der Waals surface area contributed by atoms with Crippen LogP contribution in [0.25, 0.3) is 0 Å². The Balaban J connectivity index is 2.23. The molecule has 1 fully saturated rings. The molecule has 0 atom stereocenters. The van der Waals surface area contributed by atoms with E-state index in [0.29, 0.717) is 5.41 Å². The van der Waals surface area contributed by atoms with Crippen LogP contribution in [0.5, 0.6) is 0 Å². The third-order valence-corrected chi connectivity index (χ3v) is 3.47. The van der Waals surface area contributed by atoms with Gasteiger partial charge in [-0.1, -0.05) is 33.6 Å². The van der Waals surface area contributed by atoms with Gasteiger partial charge in [0.25, 0.3) is 0 Å². The Hall–Kier alpha value is -0.0400. The first-order chi connectivity index (χ1) is 6.18. The summed E-state index contributed by atoms with van der Waals surface area (Å²) in [6.45, 7) is 9.34. The van der Waals surface area contributed by atoms with E-state index in [2.05, 4.69) is 26.1 Å². The predicted octanol–water partition coefficient (Wildman–Crippen LogP) is 3.20. The van der Waals surface area contributed by atoms with Gasteiger partial charge >= 0.3 is 0 Å². The Kier molecular flexibility index (Phi) is 4.24. The highest BCUT2D eigenvalue weighted by Gasteiger charge is 2.31. The van der Waals surface area contributed by atoms with Crippen LogP contribution in [-0.4, -0.2) is 13.1 Å². The van der Waals surface area contributed by atoms with E-state index in [-0.39, 0.29) is 0 Å². The average Bonchev–Trinajstić information content (AvgIpc) is 2.53. The van der Waals surface area contributed by atoms with Crippen LogP contribution in [0.3, 0.4) is 0 Å². The first-order valence-corrected chi connectivity index (χ1v) is 5.89. The molecule has 0 radical (unpaired) electrons. The molecule has 78 valence electrons. The zero-order chi connectivity index (χ0) is 9.73. The molecule has 0 aliphatic heterocycles. The van der Waals surface area contributed by atoms with Crippen molar-refractivity contribution in [2.45, 2.75) is 52.9 Å². The maximum atomic E-state index is 3.62. The zero-order valence-electron chi connectivity index (χ0n) is 9.53. The van der Waals surface area contributed by atoms with Gasteiger partial charge in [0.1, 0.15) is 0 Å². The van der Waals surface area contributed by atoms with Crippen LogP contribution in [0.15, 0.2) is 0 Å². The molecule has 0 aromatic rings. The van der Waals surface area contributed by atoms with Crippen LogP contribution >= 0.6 is 0 Å². The van der Waals surface area contributed by atoms with Gasteiger partial charge in [-0.05, 0) is 37.1 Å². The Bertz CT molecular complexity index is 134. The normalized spacial score (nSPS) is 21.2. The third kappa shape index (κ3) is 3.30. The van der Waals surface area contributed by atoms with Crippen LogP contribution in [0.1, 0.15) is 52.9 Å². The molecule has 13 heavy (non-hydrogen) atoms. The Labute approximate surface area is 83.3 Å². The fraction of sp³-hybridized carbons (Fsp3) is 1.00. The molecule has 0 heterocycles. The van der Waals surface area contributed by atoms with Crippen molar-refractivity contribution < 1.29 is 0 Å². The van der Waals surface area contributed by atoms with Gasteiger partial charge in [-0.2, -0.15) is 0 Å². The fourth-order valence-corrected chi connectivity index (χ4v) is 2.41. The van der Waals surface area contributed by atoms with Gasteiger partial charge in [-0.15, -0.1) is 0 Å². The molecule has 1 aliphatic carbocycles. The molecule has 0 aromatic heterocycles. The fourth-order valence-electron chi connectivity index (χ4n) is 2.41. The van der Waals surface area contributed by atoms with E-state index < -0.39 is 0 Å². The van der Waals surface area contributed by atoms with Gasteiger partial charge in [0.05, 0.1) is 0 Å². The zero-order valence-corrected chi connectivity index (χ0v) is 9.53. The highest BCUT2D eigenvalue weighted by Crippen LogP contribution is 2.40. The van der Waals surface area contributed by atoms with Crippen molar-refractivity contribution in [3.63, 3.8) is 0 Å². The van der Waals surface area contributed by atoms with Crippen molar-refractivity contribution in [3.8, 4) is 0 Å². The van der Waals surface area contributed by atoms with E-state index in [0.717, 1.165) is 5.92 Å². The number of nitrogens with one attached hydrogen (secondary N) is 1. The van der Waals surface area contributed by atoms with E-state index in [9.17, 15) is 0 Å². The standard InChI is InChI=1S/C12H25N/c1-4-12(7-5-6-8-12)10-13-9-11(2)3/h11,13H,4-10H2,1-3H3. The Morgan fingerprint density at radius 2 is 1.85 bits per heavy atom. The van der Waals surface area contributed by atoms with Gasteiger partial charge in [-0.3, -0.25) is 0 Å². The lowest BCUT2D eigenvalue weighted by atomic mass is 9.83. The van der Waals surface area contributed by atoms with Crippen molar-refractivity contribution in [1.29, 1.82) is 0 Å². The lowest BCUT2D eigenvalue weighted by molar-refractivity contribution is 0.264. The maximum absolute atomic E-state index is 3.62. The molecule has 1 N–H and O–H groups in total. The molecule has 0 saturated heterocycles. The molecule has 0 spiro atoms. The Morgan fingerprint density at radius 3 is 2.31 bits per heavy atom. The summed E-state index contributed by atoms with van der Waals surface area (Å²) >= 11 is 0. The highest BCUT2D eigenvalue weighted by atomic mass is 14.9. The molecule has 0 aromatic carbocycles. The largest absolute Gasteiger partial charge is 0.316 e. The van der Waals surface area contributed by atoms with Crippen LogP contribution in [0.4, 0.5) is 0 Å². The first-order valence-electron chi connectivity index (χ1n) is 5.89. The molecule has 1 saturated carbocycles.